The third-order valence-corrected chi connectivity index (χ3v) is 3.15. The molecule has 124 valence electrons. The van der Waals surface area contributed by atoms with E-state index in [1.54, 1.807) is 0 Å². The van der Waals surface area contributed by atoms with E-state index < -0.39 is 16.7 Å². The number of hydrazone groups is 1. The number of halogens is 1. The van der Waals surface area contributed by atoms with Crippen molar-refractivity contribution < 1.29 is 19.2 Å². The number of carbonyl (C=O) groups is 1. The van der Waals surface area contributed by atoms with Gasteiger partial charge in [0.15, 0.2) is 0 Å². The van der Waals surface area contributed by atoms with Crippen molar-refractivity contribution in [1.29, 1.82) is 0 Å². The first-order valence-electron chi connectivity index (χ1n) is 7.00. The van der Waals surface area contributed by atoms with Gasteiger partial charge in [-0.05, 0) is 29.8 Å². The van der Waals surface area contributed by atoms with Crippen molar-refractivity contribution in [1.82, 2.24) is 0 Å². The topological polar surface area (TPSA) is 105 Å². The minimum atomic E-state index is -0.972. The Bertz CT molecular complexity index is 758. The second-order valence-corrected chi connectivity index (χ2v) is 4.87. The standard InChI is InChI=1S/C16H14FN3O4/c17-12-3-1-11(2-4-12)15(9-10-16(21)22)19-18-13-5-7-14(8-6-13)20(23)24/h1-8,18H,9-10H2,(H,21,22)/b19-15-. The molecule has 2 aromatic rings. The number of hydrogen-bond donors (Lipinski definition) is 2. The van der Waals surface area contributed by atoms with Crippen LogP contribution in [0.25, 0.3) is 0 Å². The summed E-state index contributed by atoms with van der Waals surface area (Å²) in [6, 6.07) is 11.2. The molecule has 0 amide bonds. The summed E-state index contributed by atoms with van der Waals surface area (Å²) in [5.74, 6) is -1.38. The van der Waals surface area contributed by atoms with Gasteiger partial charge in [0.25, 0.3) is 5.69 Å². The fourth-order valence-corrected chi connectivity index (χ4v) is 1.92. The lowest BCUT2D eigenvalue weighted by Gasteiger charge is -2.07. The number of aliphatic carboxylic acids is 1. The van der Waals surface area contributed by atoms with E-state index in [2.05, 4.69) is 10.5 Å². The zero-order valence-corrected chi connectivity index (χ0v) is 12.5. The second-order valence-electron chi connectivity index (χ2n) is 4.87. The summed E-state index contributed by atoms with van der Waals surface area (Å²) in [5.41, 5.74) is 4.22. The van der Waals surface area contributed by atoms with Crippen LogP contribution in [0.1, 0.15) is 18.4 Å². The number of nitrogens with one attached hydrogen (secondary N) is 1. The van der Waals surface area contributed by atoms with E-state index in [1.807, 2.05) is 0 Å². The number of nitro groups is 1. The third-order valence-electron chi connectivity index (χ3n) is 3.15. The molecule has 2 N–H and O–H groups in total. The molecule has 0 saturated carbocycles. The lowest BCUT2D eigenvalue weighted by molar-refractivity contribution is -0.384. The maximum Gasteiger partial charge on any atom is 0.303 e. The molecule has 0 unspecified atom stereocenters. The van der Waals surface area contributed by atoms with E-state index in [9.17, 15) is 19.3 Å². The highest BCUT2D eigenvalue weighted by Gasteiger charge is 2.08. The molecule has 0 aliphatic rings. The Balaban J connectivity index is 2.18. The molecule has 0 heterocycles. The summed E-state index contributed by atoms with van der Waals surface area (Å²) in [4.78, 5) is 20.9. The molecular formula is C16H14FN3O4. The monoisotopic (exact) mass is 331 g/mol. The van der Waals surface area contributed by atoms with Crippen LogP contribution in [0.4, 0.5) is 15.8 Å². The van der Waals surface area contributed by atoms with Gasteiger partial charge >= 0.3 is 5.97 Å². The molecular weight excluding hydrogens is 317 g/mol. The number of hydrogen-bond acceptors (Lipinski definition) is 5. The van der Waals surface area contributed by atoms with Gasteiger partial charge in [-0.2, -0.15) is 5.10 Å². The average Bonchev–Trinajstić information content (AvgIpc) is 2.56. The maximum absolute atomic E-state index is 13.0. The van der Waals surface area contributed by atoms with Gasteiger partial charge < -0.3 is 5.11 Å². The van der Waals surface area contributed by atoms with Crippen LogP contribution in [0.5, 0.6) is 0 Å². The van der Waals surface area contributed by atoms with Gasteiger partial charge in [0.2, 0.25) is 0 Å². The zero-order chi connectivity index (χ0) is 17.5. The van der Waals surface area contributed by atoms with Crippen molar-refractivity contribution in [2.24, 2.45) is 5.10 Å². The Labute approximate surface area is 136 Å². The maximum atomic E-state index is 13.0. The van der Waals surface area contributed by atoms with Gasteiger partial charge in [-0.15, -0.1) is 0 Å². The Kier molecular flexibility index (Phi) is 5.56. The number of carboxylic acids is 1. The number of carboxylic acid groups (broad SMARTS) is 1. The van der Waals surface area contributed by atoms with Crippen molar-refractivity contribution in [3.63, 3.8) is 0 Å². The molecule has 2 rings (SSSR count). The normalized spacial score (nSPS) is 11.1. The first-order valence-corrected chi connectivity index (χ1v) is 7.00. The van der Waals surface area contributed by atoms with Gasteiger partial charge in [-0.25, -0.2) is 4.39 Å². The summed E-state index contributed by atoms with van der Waals surface area (Å²) >= 11 is 0. The highest BCUT2D eigenvalue weighted by atomic mass is 19.1. The van der Waals surface area contributed by atoms with Gasteiger partial charge in [0.05, 0.1) is 22.7 Å². The van der Waals surface area contributed by atoms with Crippen LogP contribution in [0.15, 0.2) is 53.6 Å². The SMILES string of the molecule is O=C(O)CC/C(=N/Nc1ccc([N+](=O)[O-])cc1)c1ccc(F)cc1. The first-order chi connectivity index (χ1) is 11.5. The lowest BCUT2D eigenvalue weighted by atomic mass is 10.1. The Morgan fingerprint density at radius 2 is 1.75 bits per heavy atom. The molecule has 2 aromatic carbocycles. The summed E-state index contributed by atoms with van der Waals surface area (Å²) in [6.45, 7) is 0. The molecule has 8 heteroatoms. The lowest BCUT2D eigenvalue weighted by Crippen LogP contribution is -2.08. The summed E-state index contributed by atoms with van der Waals surface area (Å²) < 4.78 is 13.0. The number of anilines is 1. The minimum Gasteiger partial charge on any atom is -0.481 e. The van der Waals surface area contributed by atoms with Crippen LogP contribution in [0.2, 0.25) is 0 Å². The summed E-state index contributed by atoms with van der Waals surface area (Å²) in [5, 5.41) is 23.6. The Hall–Kier alpha value is -3.29. The summed E-state index contributed by atoms with van der Waals surface area (Å²) in [6.07, 6.45) is 0.0269. The predicted octanol–water partition coefficient (Wildman–Crippen LogP) is 3.41. The molecule has 0 bridgehead atoms. The molecule has 7 nitrogen and oxygen atoms in total. The minimum absolute atomic E-state index is 0.0471. The van der Waals surface area contributed by atoms with Crippen molar-refractivity contribution in [2.75, 3.05) is 5.43 Å². The van der Waals surface area contributed by atoms with Crippen molar-refractivity contribution >= 4 is 23.1 Å². The molecule has 0 atom stereocenters. The predicted molar refractivity (Wildman–Crippen MR) is 86.5 cm³/mol. The van der Waals surface area contributed by atoms with Gasteiger partial charge in [0, 0.05) is 18.6 Å². The van der Waals surface area contributed by atoms with E-state index in [0.29, 0.717) is 17.0 Å². The third kappa shape index (κ3) is 4.87. The summed E-state index contributed by atoms with van der Waals surface area (Å²) in [7, 11) is 0. The van der Waals surface area contributed by atoms with Gasteiger partial charge in [-0.1, -0.05) is 12.1 Å². The highest BCUT2D eigenvalue weighted by Crippen LogP contribution is 2.16. The number of nitro benzene ring substituents is 1. The largest absolute Gasteiger partial charge is 0.481 e. The van der Waals surface area contributed by atoms with E-state index in [-0.39, 0.29) is 18.5 Å². The number of nitrogens with zero attached hydrogens (tertiary/aromatic N) is 2. The van der Waals surface area contributed by atoms with E-state index in [4.69, 9.17) is 5.11 Å². The van der Waals surface area contributed by atoms with Gasteiger partial charge in [0.1, 0.15) is 5.82 Å². The molecule has 24 heavy (non-hydrogen) atoms. The quantitative estimate of drug-likeness (QED) is 0.459. The molecule has 0 saturated heterocycles. The molecule has 0 radical (unpaired) electrons. The fraction of sp³-hybridized carbons (Fsp3) is 0.125. The molecule has 0 aliphatic heterocycles. The molecule has 0 aromatic heterocycles. The van der Waals surface area contributed by atoms with Gasteiger partial charge in [-0.3, -0.25) is 20.3 Å². The molecule has 0 aliphatic carbocycles. The Morgan fingerprint density at radius 1 is 1.12 bits per heavy atom. The second kappa shape index (κ2) is 7.82. The van der Waals surface area contributed by atoms with Crippen molar-refractivity contribution in [3.05, 3.63) is 70.0 Å². The first kappa shape index (κ1) is 17.1. The highest BCUT2D eigenvalue weighted by molar-refractivity contribution is 6.02. The number of non-ortho nitro benzene ring substituents is 1. The molecule has 0 fully saturated rings. The van der Waals surface area contributed by atoms with E-state index in [1.165, 1.54) is 48.5 Å². The zero-order valence-electron chi connectivity index (χ0n) is 12.5. The van der Waals surface area contributed by atoms with Crippen LogP contribution < -0.4 is 5.43 Å². The van der Waals surface area contributed by atoms with Crippen LogP contribution in [-0.4, -0.2) is 21.7 Å². The van der Waals surface area contributed by atoms with Crippen molar-refractivity contribution in [3.8, 4) is 0 Å². The van der Waals surface area contributed by atoms with E-state index in [0.717, 1.165) is 0 Å². The van der Waals surface area contributed by atoms with E-state index >= 15 is 0 Å². The van der Waals surface area contributed by atoms with Crippen LogP contribution in [0, 0.1) is 15.9 Å². The van der Waals surface area contributed by atoms with Crippen molar-refractivity contribution in [2.45, 2.75) is 12.8 Å². The number of rotatable bonds is 7. The van der Waals surface area contributed by atoms with Crippen LogP contribution >= 0.6 is 0 Å². The molecule has 0 spiro atoms. The average molecular weight is 331 g/mol. The fourth-order valence-electron chi connectivity index (χ4n) is 1.92. The van der Waals surface area contributed by atoms with Crippen LogP contribution in [0.3, 0.4) is 0 Å². The Morgan fingerprint density at radius 3 is 2.29 bits per heavy atom. The smallest absolute Gasteiger partial charge is 0.303 e. The van der Waals surface area contributed by atoms with Crippen LogP contribution in [-0.2, 0) is 4.79 Å². The number of benzene rings is 2.